The van der Waals surface area contributed by atoms with E-state index in [1.54, 1.807) is 31.3 Å². The molecule has 0 aliphatic rings. The number of fused-ring (bicyclic) bond motifs is 1. The fourth-order valence-electron chi connectivity index (χ4n) is 2.86. The van der Waals surface area contributed by atoms with Crippen molar-refractivity contribution in [2.24, 2.45) is 7.05 Å². The third-order valence-corrected chi connectivity index (χ3v) is 5.22. The molecule has 9 heteroatoms. The van der Waals surface area contributed by atoms with Crippen LogP contribution in [0, 0.1) is 5.82 Å². The van der Waals surface area contributed by atoms with Gasteiger partial charge in [-0.15, -0.1) is 11.3 Å². The Morgan fingerprint density at radius 2 is 2.04 bits per heavy atom. The van der Waals surface area contributed by atoms with Crippen LogP contribution in [0.5, 0.6) is 0 Å². The van der Waals surface area contributed by atoms with Crippen molar-refractivity contribution in [1.29, 1.82) is 0 Å². The van der Waals surface area contributed by atoms with Crippen LogP contribution in [-0.4, -0.2) is 31.8 Å². The fraction of sp³-hybridized carbons (Fsp3) is 0.158. The van der Waals surface area contributed by atoms with Crippen LogP contribution in [0.2, 0.25) is 0 Å². The molecule has 0 fully saturated rings. The van der Waals surface area contributed by atoms with Gasteiger partial charge in [0.1, 0.15) is 16.2 Å². The monoisotopic (exact) mass is 397 g/mol. The van der Waals surface area contributed by atoms with Crippen molar-refractivity contribution in [1.82, 2.24) is 24.6 Å². The topological polar surface area (TPSA) is 81.8 Å². The van der Waals surface area contributed by atoms with Crippen molar-refractivity contribution in [2.75, 3.05) is 6.54 Å². The summed E-state index contributed by atoms with van der Waals surface area (Å²) in [4.78, 5) is 29.1. The molecule has 0 spiro atoms. The summed E-state index contributed by atoms with van der Waals surface area (Å²) in [5.41, 5.74) is 2.24. The van der Waals surface area contributed by atoms with Crippen molar-refractivity contribution in [3.63, 3.8) is 0 Å². The Morgan fingerprint density at radius 3 is 2.82 bits per heavy atom. The van der Waals surface area contributed by atoms with Gasteiger partial charge in [-0.2, -0.15) is 5.10 Å². The van der Waals surface area contributed by atoms with Crippen LogP contribution in [0.3, 0.4) is 0 Å². The lowest BCUT2D eigenvalue weighted by Gasteiger charge is -2.07. The second-order valence-electron chi connectivity index (χ2n) is 6.18. The number of carbonyl (C=O) groups excluding carboxylic acids is 1. The van der Waals surface area contributed by atoms with Crippen LogP contribution in [0.4, 0.5) is 4.39 Å². The predicted molar refractivity (Wildman–Crippen MR) is 105 cm³/mol. The smallest absolute Gasteiger partial charge is 0.271 e. The Morgan fingerprint density at radius 1 is 1.25 bits per heavy atom. The third kappa shape index (κ3) is 3.44. The zero-order chi connectivity index (χ0) is 19.7. The van der Waals surface area contributed by atoms with E-state index in [1.165, 1.54) is 39.0 Å². The van der Waals surface area contributed by atoms with E-state index in [-0.39, 0.29) is 23.8 Å². The van der Waals surface area contributed by atoms with Gasteiger partial charge in [-0.1, -0.05) is 0 Å². The largest absolute Gasteiger partial charge is 0.349 e. The van der Waals surface area contributed by atoms with Crippen LogP contribution >= 0.6 is 11.3 Å². The number of aromatic nitrogens is 4. The van der Waals surface area contributed by atoms with Gasteiger partial charge in [0.05, 0.1) is 17.5 Å². The van der Waals surface area contributed by atoms with Crippen LogP contribution in [0.25, 0.3) is 21.5 Å². The first kappa shape index (κ1) is 18.1. The maximum atomic E-state index is 13.1. The fourth-order valence-corrected chi connectivity index (χ4v) is 3.65. The summed E-state index contributed by atoms with van der Waals surface area (Å²) in [6, 6.07) is 9.36. The molecule has 1 aromatic carbocycles. The van der Waals surface area contributed by atoms with Crippen molar-refractivity contribution in [3.05, 3.63) is 70.0 Å². The molecule has 142 valence electrons. The highest BCUT2D eigenvalue weighted by Gasteiger charge is 2.14. The number of hydrogen-bond donors (Lipinski definition) is 1. The van der Waals surface area contributed by atoms with Gasteiger partial charge in [0, 0.05) is 25.7 Å². The number of thiophene rings is 1. The summed E-state index contributed by atoms with van der Waals surface area (Å²) in [6.45, 7) is 0.586. The van der Waals surface area contributed by atoms with Crippen molar-refractivity contribution in [2.45, 2.75) is 6.54 Å². The standard InChI is InChI=1S/C19H16FN5O2S/c1-24-16(10-15(23-24)12-2-4-13(20)5-3-12)18(26)21-7-8-25-11-22-14-6-9-28-17(14)19(25)27/h2-6,9-11H,7-8H2,1H3,(H,21,26). The Labute approximate surface area is 163 Å². The zero-order valence-corrected chi connectivity index (χ0v) is 15.7. The second kappa shape index (κ2) is 7.35. The number of rotatable bonds is 5. The molecule has 1 N–H and O–H groups in total. The van der Waals surface area contributed by atoms with Gasteiger partial charge < -0.3 is 5.32 Å². The minimum absolute atomic E-state index is 0.117. The molecule has 3 heterocycles. The van der Waals surface area contributed by atoms with E-state index in [4.69, 9.17) is 0 Å². The summed E-state index contributed by atoms with van der Waals surface area (Å²) in [5, 5.41) is 8.92. The van der Waals surface area contributed by atoms with E-state index in [2.05, 4.69) is 15.4 Å². The predicted octanol–water partition coefficient (Wildman–Crippen LogP) is 2.43. The van der Waals surface area contributed by atoms with Gasteiger partial charge in [-0.25, -0.2) is 9.37 Å². The average molecular weight is 397 g/mol. The van der Waals surface area contributed by atoms with Crippen LogP contribution in [0.15, 0.2) is 52.9 Å². The lowest BCUT2D eigenvalue weighted by Crippen LogP contribution is -2.31. The third-order valence-electron chi connectivity index (χ3n) is 4.33. The molecule has 3 aromatic heterocycles. The summed E-state index contributed by atoms with van der Waals surface area (Å²) in [7, 11) is 1.67. The molecule has 7 nitrogen and oxygen atoms in total. The van der Waals surface area contributed by atoms with Crippen LogP contribution < -0.4 is 10.9 Å². The van der Waals surface area contributed by atoms with Crippen molar-refractivity contribution < 1.29 is 9.18 Å². The number of hydrogen-bond acceptors (Lipinski definition) is 5. The number of nitrogens with zero attached hydrogens (tertiary/aromatic N) is 4. The first-order chi connectivity index (χ1) is 13.5. The Kier molecular flexibility index (Phi) is 4.74. The maximum absolute atomic E-state index is 13.1. The van der Waals surface area contributed by atoms with Gasteiger partial charge in [-0.3, -0.25) is 18.8 Å². The SMILES string of the molecule is Cn1nc(-c2ccc(F)cc2)cc1C(=O)NCCn1cnc2ccsc2c1=O. The van der Waals surface area contributed by atoms with E-state index in [9.17, 15) is 14.0 Å². The van der Waals surface area contributed by atoms with E-state index in [1.807, 2.05) is 5.38 Å². The maximum Gasteiger partial charge on any atom is 0.271 e. The minimum atomic E-state index is -0.330. The molecular formula is C19H16FN5O2S. The molecule has 0 aliphatic carbocycles. The van der Waals surface area contributed by atoms with Crippen LogP contribution in [0.1, 0.15) is 10.5 Å². The lowest BCUT2D eigenvalue weighted by molar-refractivity contribution is 0.0942. The quantitative estimate of drug-likeness (QED) is 0.561. The molecule has 0 aliphatic heterocycles. The van der Waals surface area contributed by atoms with Gasteiger partial charge >= 0.3 is 0 Å². The highest BCUT2D eigenvalue weighted by molar-refractivity contribution is 7.17. The number of benzene rings is 1. The number of amides is 1. The Hall–Kier alpha value is -3.33. The molecule has 0 saturated heterocycles. The highest BCUT2D eigenvalue weighted by atomic mass is 32.1. The van der Waals surface area contributed by atoms with Crippen molar-refractivity contribution >= 4 is 27.5 Å². The van der Waals surface area contributed by atoms with E-state index in [0.717, 1.165) is 5.56 Å². The number of carbonyl (C=O) groups is 1. The molecule has 0 saturated carbocycles. The normalized spacial score (nSPS) is 11.1. The van der Waals surface area contributed by atoms with Crippen LogP contribution in [-0.2, 0) is 13.6 Å². The Balaban J connectivity index is 1.44. The van der Waals surface area contributed by atoms with E-state index < -0.39 is 0 Å². The summed E-state index contributed by atoms with van der Waals surface area (Å²) >= 11 is 1.35. The molecule has 28 heavy (non-hydrogen) atoms. The highest BCUT2D eigenvalue weighted by Crippen LogP contribution is 2.19. The van der Waals surface area contributed by atoms with Gasteiger partial charge in [-0.05, 0) is 41.8 Å². The average Bonchev–Trinajstić information content (AvgIpc) is 3.31. The number of halogens is 1. The van der Waals surface area contributed by atoms with Gasteiger partial charge in [0.2, 0.25) is 0 Å². The second-order valence-corrected chi connectivity index (χ2v) is 7.10. The van der Waals surface area contributed by atoms with E-state index in [0.29, 0.717) is 28.1 Å². The minimum Gasteiger partial charge on any atom is -0.349 e. The first-order valence-electron chi connectivity index (χ1n) is 8.54. The van der Waals surface area contributed by atoms with Crippen molar-refractivity contribution in [3.8, 4) is 11.3 Å². The Bertz CT molecular complexity index is 1210. The number of nitrogens with one attached hydrogen (secondary N) is 1. The molecule has 4 aromatic rings. The molecule has 4 rings (SSSR count). The molecule has 0 unspecified atom stereocenters. The molecule has 0 bridgehead atoms. The first-order valence-corrected chi connectivity index (χ1v) is 9.42. The van der Waals surface area contributed by atoms with Gasteiger partial charge in [0.15, 0.2) is 0 Å². The molecular weight excluding hydrogens is 381 g/mol. The summed E-state index contributed by atoms with van der Waals surface area (Å²) < 4.78 is 16.6. The zero-order valence-electron chi connectivity index (χ0n) is 14.9. The summed E-state index contributed by atoms with van der Waals surface area (Å²) in [6.07, 6.45) is 1.49. The van der Waals surface area contributed by atoms with E-state index >= 15 is 0 Å². The molecule has 1 amide bonds. The van der Waals surface area contributed by atoms with Gasteiger partial charge in [0.25, 0.3) is 11.5 Å². The summed E-state index contributed by atoms with van der Waals surface area (Å²) in [5.74, 6) is -0.635. The molecule has 0 radical (unpaired) electrons. The lowest BCUT2D eigenvalue weighted by atomic mass is 10.1. The molecule has 0 atom stereocenters. The number of aryl methyl sites for hydroxylation is 1.